The molecule has 1 aliphatic rings. The normalized spacial score (nSPS) is 27.7. The third-order valence-electron chi connectivity index (χ3n) is 3.75. The van der Waals surface area contributed by atoms with E-state index in [0.717, 1.165) is 24.4 Å². The van der Waals surface area contributed by atoms with Gasteiger partial charge in [0, 0.05) is 18.6 Å². The molecule has 1 saturated carbocycles. The molecule has 1 N–H and O–H groups in total. The summed E-state index contributed by atoms with van der Waals surface area (Å²) in [6.45, 7) is 8.16. The van der Waals surface area contributed by atoms with Crippen LogP contribution in [0.1, 0.15) is 52.9 Å². The minimum absolute atomic E-state index is 0.618. The van der Waals surface area contributed by atoms with E-state index < -0.39 is 0 Å². The Hall–Kier alpha value is -0.0800. The summed E-state index contributed by atoms with van der Waals surface area (Å²) in [4.78, 5) is 2.27. The van der Waals surface area contributed by atoms with Gasteiger partial charge in [0.2, 0.25) is 0 Å². The second kappa shape index (κ2) is 7.38. The van der Waals surface area contributed by atoms with Crippen LogP contribution >= 0.6 is 0 Å². The van der Waals surface area contributed by atoms with Gasteiger partial charge >= 0.3 is 0 Å². The third kappa shape index (κ3) is 6.42. The molecule has 0 radical (unpaired) electrons. The standard InChI is InChI=1S/C15H32N2/c1-12(2)9-14-7-6-8-15(10-14)16-13(3)11-17(4)5/h12-16H,6-11H2,1-5H3. The molecule has 0 aromatic rings. The largest absolute Gasteiger partial charge is 0.310 e. The second-order valence-electron chi connectivity index (χ2n) is 6.69. The number of hydrogen-bond donors (Lipinski definition) is 1. The fraction of sp³-hybridized carbons (Fsp3) is 1.00. The molecule has 0 amide bonds. The van der Waals surface area contributed by atoms with Gasteiger partial charge in [-0.1, -0.05) is 26.7 Å². The van der Waals surface area contributed by atoms with Crippen LogP contribution in [0.25, 0.3) is 0 Å². The molecule has 2 heteroatoms. The van der Waals surface area contributed by atoms with Crippen LogP contribution in [-0.2, 0) is 0 Å². The number of likely N-dealkylation sites (N-methyl/N-ethyl adjacent to an activating group) is 1. The first-order valence-electron chi connectivity index (χ1n) is 7.38. The van der Waals surface area contributed by atoms with E-state index >= 15 is 0 Å². The fourth-order valence-electron chi connectivity index (χ4n) is 3.33. The molecule has 17 heavy (non-hydrogen) atoms. The Morgan fingerprint density at radius 1 is 1.18 bits per heavy atom. The predicted molar refractivity (Wildman–Crippen MR) is 76.4 cm³/mol. The molecule has 0 aromatic carbocycles. The van der Waals surface area contributed by atoms with Crippen LogP contribution < -0.4 is 5.32 Å². The van der Waals surface area contributed by atoms with Crippen LogP contribution in [0.5, 0.6) is 0 Å². The number of rotatable bonds is 6. The lowest BCUT2D eigenvalue weighted by atomic mass is 9.81. The Labute approximate surface area is 108 Å². The number of nitrogens with one attached hydrogen (secondary N) is 1. The molecule has 0 heterocycles. The minimum Gasteiger partial charge on any atom is -0.310 e. The van der Waals surface area contributed by atoms with Crippen LogP contribution in [-0.4, -0.2) is 37.6 Å². The smallest absolute Gasteiger partial charge is 0.0169 e. The van der Waals surface area contributed by atoms with Crippen molar-refractivity contribution < 1.29 is 0 Å². The Kier molecular flexibility index (Phi) is 6.50. The van der Waals surface area contributed by atoms with Crippen molar-refractivity contribution in [2.45, 2.75) is 65.0 Å². The molecule has 0 aromatic heterocycles. The molecule has 3 unspecified atom stereocenters. The van der Waals surface area contributed by atoms with E-state index in [1.54, 1.807) is 0 Å². The molecule has 1 rings (SSSR count). The van der Waals surface area contributed by atoms with Gasteiger partial charge in [-0.3, -0.25) is 0 Å². The third-order valence-corrected chi connectivity index (χ3v) is 3.75. The topological polar surface area (TPSA) is 15.3 Å². The summed E-state index contributed by atoms with van der Waals surface area (Å²) in [6.07, 6.45) is 7.07. The summed E-state index contributed by atoms with van der Waals surface area (Å²) in [5.74, 6) is 1.82. The highest BCUT2D eigenvalue weighted by molar-refractivity contribution is 4.81. The summed E-state index contributed by atoms with van der Waals surface area (Å²) < 4.78 is 0. The van der Waals surface area contributed by atoms with E-state index in [1.807, 2.05) is 0 Å². The molecule has 1 fully saturated rings. The lowest BCUT2D eigenvalue weighted by molar-refractivity contribution is 0.230. The summed E-state index contributed by atoms with van der Waals surface area (Å²) in [7, 11) is 4.31. The molecular formula is C15H32N2. The molecule has 102 valence electrons. The van der Waals surface area contributed by atoms with Gasteiger partial charge in [0.25, 0.3) is 0 Å². The summed E-state index contributed by atoms with van der Waals surface area (Å²) >= 11 is 0. The van der Waals surface area contributed by atoms with Gasteiger partial charge in [0.1, 0.15) is 0 Å². The Balaban J connectivity index is 2.29. The number of nitrogens with zero attached hydrogens (tertiary/aromatic N) is 1. The molecule has 0 bridgehead atoms. The SMILES string of the molecule is CC(C)CC1CCCC(NC(C)CN(C)C)C1. The minimum atomic E-state index is 0.618. The highest BCUT2D eigenvalue weighted by Crippen LogP contribution is 2.29. The summed E-state index contributed by atoms with van der Waals surface area (Å²) in [5.41, 5.74) is 0. The lowest BCUT2D eigenvalue weighted by Crippen LogP contribution is -2.44. The predicted octanol–water partition coefficient (Wildman–Crippen LogP) is 3.13. The van der Waals surface area contributed by atoms with Gasteiger partial charge in [-0.15, -0.1) is 0 Å². The van der Waals surface area contributed by atoms with Crippen molar-refractivity contribution in [2.24, 2.45) is 11.8 Å². The van der Waals surface area contributed by atoms with Crippen molar-refractivity contribution in [3.05, 3.63) is 0 Å². The maximum atomic E-state index is 3.81. The van der Waals surface area contributed by atoms with Crippen molar-refractivity contribution in [3.63, 3.8) is 0 Å². The van der Waals surface area contributed by atoms with E-state index in [0.29, 0.717) is 6.04 Å². The first-order valence-corrected chi connectivity index (χ1v) is 7.38. The Morgan fingerprint density at radius 3 is 2.47 bits per heavy atom. The van der Waals surface area contributed by atoms with Crippen molar-refractivity contribution in [3.8, 4) is 0 Å². The van der Waals surface area contributed by atoms with Crippen LogP contribution in [0.3, 0.4) is 0 Å². The highest BCUT2D eigenvalue weighted by Gasteiger charge is 2.23. The maximum absolute atomic E-state index is 3.81. The zero-order valence-electron chi connectivity index (χ0n) is 12.5. The zero-order chi connectivity index (χ0) is 12.8. The monoisotopic (exact) mass is 240 g/mol. The van der Waals surface area contributed by atoms with Crippen molar-refractivity contribution in [2.75, 3.05) is 20.6 Å². The molecule has 2 nitrogen and oxygen atoms in total. The molecule has 1 aliphatic carbocycles. The van der Waals surface area contributed by atoms with Crippen LogP contribution in [0.15, 0.2) is 0 Å². The van der Waals surface area contributed by atoms with E-state index in [-0.39, 0.29) is 0 Å². The van der Waals surface area contributed by atoms with Crippen molar-refractivity contribution in [1.29, 1.82) is 0 Å². The number of hydrogen-bond acceptors (Lipinski definition) is 2. The first-order chi connectivity index (χ1) is 7.97. The zero-order valence-corrected chi connectivity index (χ0v) is 12.5. The average molecular weight is 240 g/mol. The second-order valence-corrected chi connectivity index (χ2v) is 6.69. The Morgan fingerprint density at radius 2 is 1.88 bits per heavy atom. The maximum Gasteiger partial charge on any atom is 0.0169 e. The van der Waals surface area contributed by atoms with E-state index in [1.165, 1.54) is 32.1 Å². The van der Waals surface area contributed by atoms with E-state index in [9.17, 15) is 0 Å². The molecule has 0 spiro atoms. The van der Waals surface area contributed by atoms with Crippen LogP contribution in [0.4, 0.5) is 0 Å². The highest BCUT2D eigenvalue weighted by atomic mass is 15.1. The van der Waals surface area contributed by atoms with Gasteiger partial charge in [0.05, 0.1) is 0 Å². The van der Waals surface area contributed by atoms with Crippen molar-refractivity contribution >= 4 is 0 Å². The molecule has 0 aliphatic heterocycles. The molecule has 0 saturated heterocycles. The van der Waals surface area contributed by atoms with Gasteiger partial charge < -0.3 is 10.2 Å². The van der Waals surface area contributed by atoms with E-state index in [4.69, 9.17) is 0 Å². The molecular weight excluding hydrogens is 208 g/mol. The van der Waals surface area contributed by atoms with Crippen LogP contribution in [0, 0.1) is 11.8 Å². The first kappa shape index (κ1) is 15.0. The van der Waals surface area contributed by atoms with Gasteiger partial charge in [-0.2, -0.15) is 0 Å². The van der Waals surface area contributed by atoms with Gasteiger partial charge in [-0.05, 0) is 52.1 Å². The van der Waals surface area contributed by atoms with Gasteiger partial charge in [0.15, 0.2) is 0 Å². The Bertz CT molecular complexity index is 199. The summed E-state index contributed by atoms with van der Waals surface area (Å²) in [5, 5.41) is 3.81. The summed E-state index contributed by atoms with van der Waals surface area (Å²) in [6, 6.07) is 1.38. The quantitative estimate of drug-likeness (QED) is 0.767. The molecule has 3 atom stereocenters. The fourth-order valence-corrected chi connectivity index (χ4v) is 3.33. The van der Waals surface area contributed by atoms with Crippen molar-refractivity contribution in [1.82, 2.24) is 10.2 Å². The lowest BCUT2D eigenvalue weighted by Gasteiger charge is -2.33. The average Bonchev–Trinajstić information content (AvgIpc) is 2.14. The van der Waals surface area contributed by atoms with E-state index in [2.05, 4.69) is 45.1 Å². The van der Waals surface area contributed by atoms with Crippen LogP contribution in [0.2, 0.25) is 0 Å². The van der Waals surface area contributed by atoms with Gasteiger partial charge in [-0.25, -0.2) is 0 Å².